The van der Waals surface area contributed by atoms with E-state index in [9.17, 15) is 0 Å². The molecule has 2 N–H and O–H groups in total. The van der Waals surface area contributed by atoms with Crippen molar-refractivity contribution >= 4 is 0 Å². The van der Waals surface area contributed by atoms with E-state index >= 15 is 0 Å². The van der Waals surface area contributed by atoms with E-state index in [0.717, 1.165) is 12.2 Å². The minimum absolute atomic E-state index is 0.0687. The van der Waals surface area contributed by atoms with Crippen LogP contribution in [-0.2, 0) is 6.54 Å². The van der Waals surface area contributed by atoms with E-state index in [1.807, 2.05) is 19.4 Å². The van der Waals surface area contributed by atoms with Gasteiger partial charge in [0.15, 0.2) is 0 Å². The maximum absolute atomic E-state index is 5.89. The molecule has 1 aromatic heterocycles. The van der Waals surface area contributed by atoms with Crippen LogP contribution in [-0.4, -0.2) is 34.1 Å². The minimum Gasteiger partial charge on any atom is -0.332 e. The van der Waals surface area contributed by atoms with Crippen molar-refractivity contribution in [3.05, 3.63) is 18.2 Å². The van der Waals surface area contributed by atoms with Gasteiger partial charge in [0.05, 0.1) is 12.0 Å². The lowest BCUT2D eigenvalue weighted by Gasteiger charge is -2.21. The zero-order valence-electron chi connectivity index (χ0n) is 9.56. The predicted molar refractivity (Wildman–Crippen MR) is 60.5 cm³/mol. The Labute approximate surface area is 91.1 Å². The van der Waals surface area contributed by atoms with Gasteiger partial charge in [-0.05, 0) is 33.4 Å². The largest absolute Gasteiger partial charge is 0.332 e. The molecule has 1 aliphatic heterocycles. The molecule has 2 rings (SSSR count). The Balaban J connectivity index is 2.06. The monoisotopic (exact) mass is 208 g/mol. The minimum atomic E-state index is 0.0687. The van der Waals surface area contributed by atoms with Gasteiger partial charge in [-0.3, -0.25) is 0 Å². The lowest BCUT2D eigenvalue weighted by Crippen LogP contribution is -2.30. The number of nitrogens with zero attached hydrogens (tertiary/aromatic N) is 3. The molecule has 1 aromatic rings. The number of rotatable bonds is 3. The molecule has 0 amide bonds. The highest BCUT2D eigenvalue weighted by Crippen LogP contribution is 2.18. The number of imidazole rings is 1. The number of aromatic nitrogens is 2. The summed E-state index contributed by atoms with van der Waals surface area (Å²) in [5.74, 6) is 0. The van der Waals surface area contributed by atoms with Crippen molar-refractivity contribution in [2.45, 2.75) is 38.4 Å². The smallest absolute Gasteiger partial charge is 0.0949 e. The molecule has 0 saturated carbocycles. The van der Waals surface area contributed by atoms with Gasteiger partial charge in [-0.1, -0.05) is 0 Å². The van der Waals surface area contributed by atoms with E-state index < -0.39 is 0 Å². The second-order valence-electron chi connectivity index (χ2n) is 4.54. The molecule has 1 aliphatic rings. The first kappa shape index (κ1) is 10.6. The van der Waals surface area contributed by atoms with Crippen molar-refractivity contribution in [1.82, 2.24) is 14.5 Å². The number of likely N-dealkylation sites (N-methyl/N-ethyl adjacent to an activating group) is 1. The lowest BCUT2D eigenvalue weighted by molar-refractivity contribution is 0.279. The predicted octanol–water partition coefficient (Wildman–Crippen LogP) is 0.997. The number of likely N-dealkylation sites (tertiary alicyclic amines) is 1. The van der Waals surface area contributed by atoms with Crippen molar-refractivity contribution in [3.8, 4) is 0 Å². The summed E-state index contributed by atoms with van der Waals surface area (Å²) in [5, 5.41) is 0. The zero-order valence-corrected chi connectivity index (χ0v) is 9.56. The van der Waals surface area contributed by atoms with Crippen molar-refractivity contribution in [3.63, 3.8) is 0 Å². The topological polar surface area (TPSA) is 47.1 Å². The van der Waals surface area contributed by atoms with Crippen molar-refractivity contribution in [1.29, 1.82) is 0 Å². The van der Waals surface area contributed by atoms with Crippen LogP contribution in [0.25, 0.3) is 0 Å². The molecule has 84 valence electrons. The maximum atomic E-state index is 5.89. The van der Waals surface area contributed by atoms with Gasteiger partial charge >= 0.3 is 0 Å². The average Bonchev–Trinajstić information content (AvgIpc) is 2.77. The third kappa shape index (κ3) is 2.21. The van der Waals surface area contributed by atoms with E-state index in [1.165, 1.54) is 19.4 Å². The van der Waals surface area contributed by atoms with Crippen LogP contribution in [0.5, 0.6) is 0 Å². The number of nitrogens with two attached hydrogens (primary N) is 1. The van der Waals surface area contributed by atoms with Gasteiger partial charge in [-0.15, -0.1) is 0 Å². The molecular formula is C11H20N4. The number of hydrogen-bond acceptors (Lipinski definition) is 3. The van der Waals surface area contributed by atoms with E-state index in [-0.39, 0.29) is 6.04 Å². The van der Waals surface area contributed by atoms with Crippen LogP contribution in [0.3, 0.4) is 0 Å². The highest BCUT2D eigenvalue weighted by molar-refractivity contribution is 5.03. The van der Waals surface area contributed by atoms with E-state index in [0.29, 0.717) is 6.04 Å². The molecular weight excluding hydrogens is 188 g/mol. The second-order valence-corrected chi connectivity index (χ2v) is 4.54. The standard InChI is InChI=1S/C11H20N4/c1-9(12)11-6-13-8-15(11)7-10-4-3-5-14(10)2/h6,8-10H,3-5,7,12H2,1-2H3/t9-,10?/m1/s1. The molecule has 0 spiro atoms. The van der Waals surface area contributed by atoms with Crippen LogP contribution < -0.4 is 5.73 Å². The van der Waals surface area contributed by atoms with Crippen LogP contribution >= 0.6 is 0 Å². The van der Waals surface area contributed by atoms with Crippen molar-refractivity contribution < 1.29 is 0 Å². The molecule has 0 aliphatic carbocycles. The fourth-order valence-electron chi connectivity index (χ4n) is 2.30. The highest BCUT2D eigenvalue weighted by Gasteiger charge is 2.22. The zero-order chi connectivity index (χ0) is 10.8. The fraction of sp³-hybridized carbons (Fsp3) is 0.727. The van der Waals surface area contributed by atoms with Gasteiger partial charge in [0, 0.05) is 24.8 Å². The molecule has 15 heavy (non-hydrogen) atoms. The first-order valence-corrected chi connectivity index (χ1v) is 5.64. The van der Waals surface area contributed by atoms with Gasteiger partial charge in [0.1, 0.15) is 0 Å². The van der Waals surface area contributed by atoms with E-state index in [2.05, 4.69) is 21.5 Å². The summed E-state index contributed by atoms with van der Waals surface area (Å²) in [6, 6.07) is 0.718. The Bertz CT molecular complexity index is 318. The summed E-state index contributed by atoms with van der Waals surface area (Å²) in [5.41, 5.74) is 7.03. The molecule has 4 heteroatoms. The maximum Gasteiger partial charge on any atom is 0.0949 e. The van der Waals surface area contributed by atoms with Crippen LogP contribution in [0.4, 0.5) is 0 Å². The summed E-state index contributed by atoms with van der Waals surface area (Å²) in [6.07, 6.45) is 6.36. The molecule has 2 atom stereocenters. The Morgan fingerprint density at radius 2 is 2.47 bits per heavy atom. The molecule has 1 unspecified atom stereocenters. The first-order valence-electron chi connectivity index (χ1n) is 5.64. The molecule has 2 heterocycles. The Kier molecular flexibility index (Phi) is 3.07. The Morgan fingerprint density at radius 3 is 3.07 bits per heavy atom. The third-order valence-electron chi connectivity index (χ3n) is 3.29. The van der Waals surface area contributed by atoms with Crippen LogP contribution in [0.2, 0.25) is 0 Å². The molecule has 0 bridgehead atoms. The second kappa shape index (κ2) is 4.33. The highest BCUT2D eigenvalue weighted by atomic mass is 15.2. The molecule has 4 nitrogen and oxygen atoms in total. The van der Waals surface area contributed by atoms with Gasteiger partial charge in [0.25, 0.3) is 0 Å². The van der Waals surface area contributed by atoms with Crippen LogP contribution in [0.1, 0.15) is 31.5 Å². The van der Waals surface area contributed by atoms with E-state index in [4.69, 9.17) is 5.73 Å². The summed E-state index contributed by atoms with van der Waals surface area (Å²) < 4.78 is 2.19. The van der Waals surface area contributed by atoms with Gasteiger partial charge in [0.2, 0.25) is 0 Å². The van der Waals surface area contributed by atoms with Crippen LogP contribution in [0.15, 0.2) is 12.5 Å². The molecule has 1 saturated heterocycles. The van der Waals surface area contributed by atoms with Gasteiger partial charge in [-0.2, -0.15) is 0 Å². The van der Waals surface area contributed by atoms with Crippen molar-refractivity contribution in [2.75, 3.05) is 13.6 Å². The Hall–Kier alpha value is -0.870. The van der Waals surface area contributed by atoms with Crippen molar-refractivity contribution in [2.24, 2.45) is 5.73 Å². The van der Waals surface area contributed by atoms with Crippen LogP contribution in [0, 0.1) is 0 Å². The summed E-state index contributed by atoms with van der Waals surface area (Å²) >= 11 is 0. The van der Waals surface area contributed by atoms with Gasteiger partial charge in [-0.25, -0.2) is 4.98 Å². The molecule has 0 radical (unpaired) electrons. The molecule has 1 fully saturated rings. The Morgan fingerprint density at radius 1 is 1.67 bits per heavy atom. The quantitative estimate of drug-likeness (QED) is 0.806. The summed E-state index contributed by atoms with van der Waals surface area (Å²) in [7, 11) is 2.19. The first-order chi connectivity index (χ1) is 7.18. The molecule has 0 aromatic carbocycles. The normalized spacial score (nSPS) is 24.6. The lowest BCUT2D eigenvalue weighted by atomic mass is 10.2. The van der Waals surface area contributed by atoms with E-state index in [1.54, 1.807) is 0 Å². The average molecular weight is 208 g/mol. The SMILES string of the molecule is C[C@@H](N)c1cncn1CC1CCCN1C. The third-order valence-corrected chi connectivity index (χ3v) is 3.29. The van der Waals surface area contributed by atoms with Gasteiger partial charge < -0.3 is 15.2 Å². The number of hydrogen-bond donors (Lipinski definition) is 1. The summed E-state index contributed by atoms with van der Waals surface area (Å²) in [6.45, 7) is 4.24. The fourth-order valence-corrected chi connectivity index (χ4v) is 2.30. The summed E-state index contributed by atoms with van der Waals surface area (Å²) in [4.78, 5) is 6.60.